The zero-order valence-corrected chi connectivity index (χ0v) is 18.6. The van der Waals surface area contributed by atoms with Gasteiger partial charge in [-0.3, -0.25) is 9.59 Å². The maximum atomic E-state index is 13.3. The lowest BCUT2D eigenvalue weighted by atomic mass is 9.87. The number of nitrogens with one attached hydrogen (secondary N) is 1. The van der Waals surface area contributed by atoms with E-state index < -0.39 is 5.54 Å². The lowest BCUT2D eigenvalue weighted by Gasteiger charge is -2.35. The highest BCUT2D eigenvalue weighted by Gasteiger charge is 2.41. The number of piperidine rings is 1. The van der Waals surface area contributed by atoms with Crippen LogP contribution in [0.15, 0.2) is 17.2 Å². The van der Waals surface area contributed by atoms with E-state index in [-0.39, 0.29) is 17.7 Å². The summed E-state index contributed by atoms with van der Waals surface area (Å²) in [4.78, 5) is 31.7. The number of rotatable bonds is 6. The molecule has 3 fully saturated rings. The van der Waals surface area contributed by atoms with Crippen molar-refractivity contribution < 1.29 is 14.1 Å². The van der Waals surface area contributed by atoms with Crippen molar-refractivity contribution in [2.75, 3.05) is 13.1 Å². The van der Waals surface area contributed by atoms with Gasteiger partial charge >= 0.3 is 0 Å². The molecule has 31 heavy (non-hydrogen) atoms. The molecule has 7 nitrogen and oxygen atoms in total. The van der Waals surface area contributed by atoms with Crippen LogP contribution in [0.25, 0.3) is 0 Å². The molecule has 1 aliphatic heterocycles. The van der Waals surface area contributed by atoms with Gasteiger partial charge in [0.15, 0.2) is 5.82 Å². The molecule has 1 saturated heterocycles. The summed E-state index contributed by atoms with van der Waals surface area (Å²) in [6.07, 6.45) is 14.8. The summed E-state index contributed by atoms with van der Waals surface area (Å²) < 4.78 is 5.66. The highest BCUT2D eigenvalue weighted by atomic mass is 16.5. The highest BCUT2D eigenvalue weighted by Crippen LogP contribution is 2.36. The van der Waals surface area contributed by atoms with Gasteiger partial charge in [0.2, 0.25) is 17.7 Å². The lowest BCUT2D eigenvalue weighted by molar-refractivity contribution is -0.133. The van der Waals surface area contributed by atoms with Gasteiger partial charge in [0.05, 0.1) is 0 Å². The molecule has 2 heterocycles. The second-order valence-corrected chi connectivity index (χ2v) is 9.66. The van der Waals surface area contributed by atoms with E-state index in [1.165, 1.54) is 44.6 Å². The normalized spacial score (nSPS) is 22.8. The number of carbonyl (C=O) groups is 2. The SMILES string of the molecule is C=CC(=O)N1CCC(C(=O)NC2(c3noc(CC4CCCC4)n3)CCCCCC2)CC1. The van der Waals surface area contributed by atoms with Crippen LogP contribution in [0.1, 0.15) is 88.8 Å². The molecule has 2 saturated carbocycles. The van der Waals surface area contributed by atoms with Gasteiger partial charge < -0.3 is 14.7 Å². The molecule has 0 radical (unpaired) electrons. The van der Waals surface area contributed by atoms with Gasteiger partial charge in [-0.15, -0.1) is 0 Å². The molecule has 1 aromatic rings. The van der Waals surface area contributed by atoms with E-state index in [4.69, 9.17) is 9.51 Å². The quantitative estimate of drug-likeness (QED) is 0.548. The summed E-state index contributed by atoms with van der Waals surface area (Å²) in [5.41, 5.74) is -0.529. The maximum Gasteiger partial charge on any atom is 0.245 e. The minimum atomic E-state index is -0.529. The topological polar surface area (TPSA) is 88.3 Å². The van der Waals surface area contributed by atoms with E-state index >= 15 is 0 Å². The van der Waals surface area contributed by atoms with Crippen molar-refractivity contribution in [2.24, 2.45) is 11.8 Å². The molecular formula is C24H36N4O3. The van der Waals surface area contributed by atoms with Crippen LogP contribution >= 0.6 is 0 Å². The average molecular weight is 429 g/mol. The molecule has 0 unspecified atom stereocenters. The Balaban J connectivity index is 1.45. The Kier molecular flexibility index (Phi) is 7.08. The highest BCUT2D eigenvalue weighted by molar-refractivity contribution is 5.87. The minimum Gasteiger partial charge on any atom is -0.343 e. The first-order chi connectivity index (χ1) is 15.1. The monoisotopic (exact) mass is 428 g/mol. The van der Waals surface area contributed by atoms with Gasteiger partial charge in [0.25, 0.3) is 0 Å². The van der Waals surface area contributed by atoms with Gasteiger partial charge in [-0.1, -0.05) is 50.3 Å². The first kappa shape index (κ1) is 22.0. The first-order valence-electron chi connectivity index (χ1n) is 12.2. The Morgan fingerprint density at radius 2 is 1.74 bits per heavy atom. The molecule has 0 bridgehead atoms. The van der Waals surface area contributed by atoms with Crippen LogP contribution in [0.5, 0.6) is 0 Å². The number of likely N-dealkylation sites (tertiary alicyclic amines) is 1. The summed E-state index contributed by atoms with van der Waals surface area (Å²) in [6.45, 7) is 4.76. The maximum absolute atomic E-state index is 13.3. The van der Waals surface area contributed by atoms with Gasteiger partial charge in [-0.2, -0.15) is 4.98 Å². The fourth-order valence-electron chi connectivity index (χ4n) is 5.56. The third kappa shape index (κ3) is 5.18. The van der Waals surface area contributed by atoms with Crippen molar-refractivity contribution in [3.63, 3.8) is 0 Å². The smallest absolute Gasteiger partial charge is 0.245 e. The minimum absolute atomic E-state index is 0.0549. The number of hydrogen-bond donors (Lipinski definition) is 1. The summed E-state index contributed by atoms with van der Waals surface area (Å²) >= 11 is 0. The van der Waals surface area contributed by atoms with E-state index in [1.807, 2.05) is 0 Å². The Morgan fingerprint density at radius 1 is 1.06 bits per heavy atom. The molecule has 1 N–H and O–H groups in total. The van der Waals surface area contributed by atoms with E-state index in [9.17, 15) is 9.59 Å². The van der Waals surface area contributed by atoms with Crippen LogP contribution in [0.2, 0.25) is 0 Å². The van der Waals surface area contributed by atoms with E-state index in [2.05, 4.69) is 17.1 Å². The predicted molar refractivity (Wildman–Crippen MR) is 117 cm³/mol. The predicted octanol–water partition coefficient (Wildman–Crippen LogP) is 3.89. The van der Waals surface area contributed by atoms with Crippen molar-refractivity contribution in [2.45, 2.75) is 89.0 Å². The average Bonchev–Trinajstić information content (AvgIpc) is 3.43. The van der Waals surface area contributed by atoms with Crippen molar-refractivity contribution in [3.05, 3.63) is 24.4 Å². The molecule has 0 atom stereocenters. The molecule has 2 aliphatic carbocycles. The van der Waals surface area contributed by atoms with Crippen molar-refractivity contribution in [1.82, 2.24) is 20.4 Å². The third-order valence-electron chi connectivity index (χ3n) is 7.51. The second-order valence-electron chi connectivity index (χ2n) is 9.66. The van der Waals surface area contributed by atoms with E-state index in [0.29, 0.717) is 37.7 Å². The second kappa shape index (κ2) is 9.96. The number of carbonyl (C=O) groups excluding carboxylic acids is 2. The summed E-state index contributed by atoms with van der Waals surface area (Å²) in [6, 6.07) is 0. The van der Waals surface area contributed by atoms with Crippen LogP contribution in [-0.4, -0.2) is 39.9 Å². The Hall–Kier alpha value is -2.18. The van der Waals surface area contributed by atoms with Crippen molar-refractivity contribution >= 4 is 11.8 Å². The zero-order valence-electron chi connectivity index (χ0n) is 18.6. The van der Waals surface area contributed by atoms with Gasteiger partial charge in [0.1, 0.15) is 5.54 Å². The van der Waals surface area contributed by atoms with Crippen molar-refractivity contribution in [3.8, 4) is 0 Å². The molecule has 0 aromatic carbocycles. The van der Waals surface area contributed by atoms with E-state index in [1.54, 1.807) is 4.90 Å². The van der Waals surface area contributed by atoms with Crippen molar-refractivity contribution in [1.29, 1.82) is 0 Å². The van der Waals surface area contributed by atoms with Crippen LogP contribution in [0.3, 0.4) is 0 Å². The summed E-state index contributed by atoms with van der Waals surface area (Å²) in [7, 11) is 0. The fraction of sp³-hybridized carbons (Fsp3) is 0.750. The molecule has 1 aromatic heterocycles. The van der Waals surface area contributed by atoms with Gasteiger partial charge in [-0.05, 0) is 50.5 Å². The third-order valence-corrected chi connectivity index (χ3v) is 7.51. The molecular weight excluding hydrogens is 392 g/mol. The molecule has 3 aliphatic rings. The van der Waals surface area contributed by atoms with Gasteiger partial charge in [-0.25, -0.2) is 0 Å². The van der Waals surface area contributed by atoms with Crippen LogP contribution in [-0.2, 0) is 21.5 Å². The number of hydrogen-bond acceptors (Lipinski definition) is 5. The summed E-state index contributed by atoms with van der Waals surface area (Å²) in [5, 5.41) is 7.75. The first-order valence-corrected chi connectivity index (χ1v) is 12.2. The summed E-state index contributed by atoms with van der Waals surface area (Å²) in [5.74, 6) is 1.96. The largest absolute Gasteiger partial charge is 0.343 e. The Labute approximate surface area is 185 Å². The fourth-order valence-corrected chi connectivity index (χ4v) is 5.56. The Morgan fingerprint density at radius 3 is 2.39 bits per heavy atom. The van der Waals surface area contributed by atoms with Crippen LogP contribution < -0.4 is 5.32 Å². The molecule has 170 valence electrons. The van der Waals surface area contributed by atoms with Crippen LogP contribution in [0, 0.1) is 11.8 Å². The molecule has 0 spiro atoms. The number of nitrogens with zero attached hydrogens (tertiary/aromatic N) is 3. The lowest BCUT2D eigenvalue weighted by Crippen LogP contribution is -2.50. The number of aromatic nitrogens is 2. The van der Waals surface area contributed by atoms with Crippen LogP contribution in [0.4, 0.5) is 0 Å². The molecule has 2 amide bonds. The van der Waals surface area contributed by atoms with E-state index in [0.717, 1.165) is 38.0 Å². The number of amides is 2. The molecule has 4 rings (SSSR count). The molecule has 7 heteroatoms. The Bertz CT molecular complexity index is 768. The standard InChI is InChI=1S/C24H36N4O3/c1-2-21(29)28-15-11-19(12-16-28)22(30)26-24(13-7-3-4-8-14-24)23-25-20(31-27-23)17-18-9-5-6-10-18/h2,18-19H,1,3-17H2,(H,26,30). The zero-order chi connectivity index (χ0) is 21.7. The van der Waals surface area contributed by atoms with Gasteiger partial charge in [0, 0.05) is 25.4 Å².